The normalized spacial score (nSPS) is 19.6. The van der Waals surface area contributed by atoms with Crippen LogP contribution in [-0.4, -0.2) is 49.0 Å². The third-order valence-corrected chi connectivity index (χ3v) is 2.50. The summed E-state index contributed by atoms with van der Waals surface area (Å²) < 4.78 is 16.2. The first kappa shape index (κ1) is 13.0. The molecular formula is C12H19N3O3. The molecule has 2 heterocycles. The van der Waals surface area contributed by atoms with E-state index in [1.165, 1.54) is 0 Å². The van der Waals surface area contributed by atoms with E-state index < -0.39 is 0 Å². The number of hydrogen-bond donors (Lipinski definition) is 1. The molecule has 0 bridgehead atoms. The Hall–Kier alpha value is -1.40. The number of rotatable bonds is 5. The second kappa shape index (κ2) is 6.51. The van der Waals surface area contributed by atoms with Gasteiger partial charge in [-0.3, -0.25) is 0 Å². The highest BCUT2D eigenvalue weighted by atomic mass is 16.6. The van der Waals surface area contributed by atoms with Gasteiger partial charge < -0.3 is 19.5 Å². The number of nitrogens with one attached hydrogen (secondary N) is 1. The van der Waals surface area contributed by atoms with Crippen molar-refractivity contribution in [2.45, 2.75) is 20.0 Å². The van der Waals surface area contributed by atoms with E-state index in [-0.39, 0.29) is 6.10 Å². The first-order chi connectivity index (χ1) is 8.78. The first-order valence-electron chi connectivity index (χ1n) is 6.19. The van der Waals surface area contributed by atoms with Gasteiger partial charge in [0, 0.05) is 18.3 Å². The topological polar surface area (TPSA) is 65.5 Å². The van der Waals surface area contributed by atoms with Crippen molar-refractivity contribution in [3.63, 3.8) is 0 Å². The number of aromatic nitrogens is 2. The average Bonchev–Trinajstić information content (AvgIpc) is 2.37. The number of anilines is 1. The van der Waals surface area contributed by atoms with Crippen molar-refractivity contribution in [3.05, 3.63) is 11.8 Å². The molecule has 1 aromatic rings. The van der Waals surface area contributed by atoms with Crippen LogP contribution in [-0.2, 0) is 9.47 Å². The van der Waals surface area contributed by atoms with Crippen molar-refractivity contribution in [3.8, 4) is 5.88 Å². The Labute approximate surface area is 107 Å². The second-order valence-corrected chi connectivity index (χ2v) is 4.05. The van der Waals surface area contributed by atoms with E-state index in [0.717, 1.165) is 5.69 Å². The lowest BCUT2D eigenvalue weighted by Gasteiger charge is -2.23. The van der Waals surface area contributed by atoms with Crippen LogP contribution in [0.3, 0.4) is 0 Å². The Kier molecular flexibility index (Phi) is 4.72. The van der Waals surface area contributed by atoms with Gasteiger partial charge in [0.15, 0.2) is 0 Å². The van der Waals surface area contributed by atoms with Crippen molar-refractivity contribution >= 4 is 5.95 Å². The Balaban J connectivity index is 1.91. The molecule has 1 saturated heterocycles. The number of ether oxygens (including phenoxy) is 3. The van der Waals surface area contributed by atoms with Crippen LogP contribution >= 0.6 is 0 Å². The van der Waals surface area contributed by atoms with Crippen LogP contribution in [0.2, 0.25) is 0 Å². The fraction of sp³-hybridized carbons (Fsp3) is 0.667. The first-order valence-corrected chi connectivity index (χ1v) is 6.19. The predicted molar refractivity (Wildman–Crippen MR) is 67.0 cm³/mol. The zero-order valence-corrected chi connectivity index (χ0v) is 10.8. The average molecular weight is 253 g/mol. The fourth-order valence-corrected chi connectivity index (χ4v) is 1.70. The number of hydrogen-bond acceptors (Lipinski definition) is 6. The molecule has 18 heavy (non-hydrogen) atoms. The Bertz CT molecular complexity index is 381. The van der Waals surface area contributed by atoms with Crippen LogP contribution in [0.1, 0.15) is 12.6 Å². The van der Waals surface area contributed by atoms with Gasteiger partial charge in [0.1, 0.15) is 0 Å². The van der Waals surface area contributed by atoms with Gasteiger partial charge in [0.25, 0.3) is 0 Å². The minimum atomic E-state index is 0.0541. The van der Waals surface area contributed by atoms with Crippen LogP contribution in [0.25, 0.3) is 0 Å². The summed E-state index contributed by atoms with van der Waals surface area (Å²) in [6, 6.07) is 1.81. The quantitative estimate of drug-likeness (QED) is 0.845. The summed E-state index contributed by atoms with van der Waals surface area (Å²) in [7, 11) is 0. The lowest BCUT2D eigenvalue weighted by molar-refractivity contribution is -0.0819. The molecule has 0 saturated carbocycles. The van der Waals surface area contributed by atoms with Crippen LogP contribution in [0.15, 0.2) is 6.07 Å². The minimum absolute atomic E-state index is 0.0541. The summed E-state index contributed by atoms with van der Waals surface area (Å²) in [5.74, 6) is 1.15. The van der Waals surface area contributed by atoms with Crippen molar-refractivity contribution in [1.29, 1.82) is 0 Å². The SMILES string of the molecule is CCOc1cc(C)nc(NCC2COCCO2)n1. The summed E-state index contributed by atoms with van der Waals surface area (Å²) in [6.45, 7) is 6.99. The molecule has 1 aliphatic rings. The molecule has 6 heteroatoms. The van der Waals surface area contributed by atoms with Gasteiger partial charge in [-0.25, -0.2) is 4.98 Å². The van der Waals surface area contributed by atoms with Crippen LogP contribution < -0.4 is 10.1 Å². The summed E-state index contributed by atoms with van der Waals surface area (Å²) >= 11 is 0. The van der Waals surface area contributed by atoms with Crippen molar-refractivity contribution in [2.75, 3.05) is 38.3 Å². The van der Waals surface area contributed by atoms with E-state index in [4.69, 9.17) is 14.2 Å². The molecule has 0 aromatic carbocycles. The number of nitrogens with zero attached hydrogens (tertiary/aromatic N) is 2. The van der Waals surface area contributed by atoms with Crippen LogP contribution in [0.4, 0.5) is 5.95 Å². The molecule has 1 aromatic heterocycles. The Morgan fingerprint density at radius 2 is 2.33 bits per heavy atom. The summed E-state index contributed by atoms with van der Waals surface area (Å²) in [6.07, 6.45) is 0.0541. The molecule has 100 valence electrons. The molecule has 6 nitrogen and oxygen atoms in total. The molecule has 0 aliphatic carbocycles. The lowest BCUT2D eigenvalue weighted by Crippen LogP contribution is -2.34. The van der Waals surface area contributed by atoms with Gasteiger partial charge >= 0.3 is 0 Å². The van der Waals surface area contributed by atoms with Gasteiger partial charge in [-0.1, -0.05) is 0 Å². The third-order valence-electron chi connectivity index (χ3n) is 2.50. The highest BCUT2D eigenvalue weighted by molar-refractivity contribution is 5.30. The maximum absolute atomic E-state index is 5.53. The Morgan fingerprint density at radius 3 is 3.06 bits per heavy atom. The second-order valence-electron chi connectivity index (χ2n) is 4.05. The smallest absolute Gasteiger partial charge is 0.226 e. The highest BCUT2D eigenvalue weighted by Gasteiger charge is 2.14. The van der Waals surface area contributed by atoms with Gasteiger partial charge in [-0.05, 0) is 13.8 Å². The van der Waals surface area contributed by atoms with Crippen LogP contribution in [0.5, 0.6) is 5.88 Å². The molecule has 1 fully saturated rings. The molecule has 2 rings (SSSR count). The largest absolute Gasteiger partial charge is 0.478 e. The van der Waals surface area contributed by atoms with E-state index >= 15 is 0 Å². The molecule has 1 unspecified atom stereocenters. The van der Waals surface area contributed by atoms with Gasteiger partial charge in [-0.15, -0.1) is 0 Å². The van der Waals surface area contributed by atoms with E-state index in [9.17, 15) is 0 Å². The van der Waals surface area contributed by atoms with Gasteiger partial charge in [0.2, 0.25) is 11.8 Å². The van der Waals surface area contributed by atoms with Crippen molar-refractivity contribution in [2.24, 2.45) is 0 Å². The van der Waals surface area contributed by atoms with Gasteiger partial charge in [-0.2, -0.15) is 4.98 Å². The minimum Gasteiger partial charge on any atom is -0.478 e. The zero-order chi connectivity index (χ0) is 12.8. The number of aryl methyl sites for hydroxylation is 1. The molecule has 1 N–H and O–H groups in total. The molecule has 1 atom stereocenters. The maximum atomic E-state index is 5.53. The fourth-order valence-electron chi connectivity index (χ4n) is 1.70. The highest BCUT2D eigenvalue weighted by Crippen LogP contribution is 2.12. The summed E-state index contributed by atoms with van der Waals surface area (Å²) in [5.41, 5.74) is 0.872. The molecular weight excluding hydrogens is 234 g/mol. The van der Waals surface area contributed by atoms with Crippen LogP contribution in [0, 0.1) is 6.92 Å². The van der Waals surface area contributed by atoms with Crippen molar-refractivity contribution in [1.82, 2.24) is 9.97 Å². The summed E-state index contributed by atoms with van der Waals surface area (Å²) in [5, 5.41) is 3.15. The maximum Gasteiger partial charge on any atom is 0.226 e. The predicted octanol–water partition coefficient (Wildman–Crippen LogP) is 1.01. The third kappa shape index (κ3) is 3.82. The molecule has 0 radical (unpaired) electrons. The monoisotopic (exact) mass is 253 g/mol. The molecule has 0 spiro atoms. The summed E-state index contributed by atoms with van der Waals surface area (Å²) in [4.78, 5) is 8.57. The zero-order valence-electron chi connectivity index (χ0n) is 10.8. The van der Waals surface area contributed by atoms with E-state index in [1.807, 2.05) is 19.9 Å². The van der Waals surface area contributed by atoms with E-state index in [1.54, 1.807) is 0 Å². The van der Waals surface area contributed by atoms with E-state index in [0.29, 0.717) is 44.8 Å². The standard InChI is InChI=1S/C12H19N3O3/c1-3-17-11-6-9(2)14-12(15-11)13-7-10-8-16-4-5-18-10/h6,10H,3-5,7-8H2,1-2H3,(H,13,14,15). The molecule has 1 aliphatic heterocycles. The Morgan fingerprint density at radius 1 is 1.44 bits per heavy atom. The molecule has 0 amide bonds. The van der Waals surface area contributed by atoms with E-state index in [2.05, 4.69) is 15.3 Å². The lowest BCUT2D eigenvalue weighted by atomic mass is 10.3. The van der Waals surface area contributed by atoms with Crippen molar-refractivity contribution < 1.29 is 14.2 Å². The van der Waals surface area contributed by atoms with Gasteiger partial charge in [0.05, 0.1) is 32.5 Å².